The molecule has 3 rings (SSSR count). The number of nitrogens with zero attached hydrogens (tertiary/aromatic N) is 1. The van der Waals surface area contributed by atoms with Crippen molar-refractivity contribution >= 4 is 29.3 Å². The number of rotatable bonds is 6. The fraction of sp³-hybridized carbons (Fsp3) is 0.211. The fourth-order valence-corrected chi connectivity index (χ4v) is 3.05. The summed E-state index contributed by atoms with van der Waals surface area (Å²) < 4.78 is 15.9. The minimum atomic E-state index is -0.630. The molecule has 0 radical (unpaired) electrons. The summed E-state index contributed by atoms with van der Waals surface area (Å²) in [7, 11) is 0. The summed E-state index contributed by atoms with van der Waals surface area (Å²) in [5.74, 6) is 0.220. The van der Waals surface area contributed by atoms with Gasteiger partial charge in [-0.3, -0.25) is 4.79 Å². The lowest BCUT2D eigenvalue weighted by Crippen LogP contribution is -2.21. The van der Waals surface area contributed by atoms with Gasteiger partial charge < -0.3 is 19.5 Å². The zero-order valence-corrected chi connectivity index (χ0v) is 15.1. The molecule has 0 aliphatic carbocycles. The minimum absolute atomic E-state index is 0.270. The SMILES string of the molecule is N#CCSc1ccccc1NC(=O)COC(=O)c1ccc2c(c1)OCCO2. The largest absolute Gasteiger partial charge is 0.486 e. The Morgan fingerprint density at radius 3 is 2.74 bits per heavy atom. The van der Waals surface area contributed by atoms with Gasteiger partial charge in [0.1, 0.15) is 13.2 Å². The van der Waals surface area contributed by atoms with E-state index in [1.165, 1.54) is 17.8 Å². The van der Waals surface area contributed by atoms with E-state index >= 15 is 0 Å². The van der Waals surface area contributed by atoms with E-state index in [-0.39, 0.29) is 11.3 Å². The number of anilines is 1. The molecule has 1 heterocycles. The van der Waals surface area contributed by atoms with Crippen LogP contribution in [0.15, 0.2) is 47.4 Å². The van der Waals surface area contributed by atoms with Crippen molar-refractivity contribution in [3.8, 4) is 17.6 Å². The molecule has 1 aliphatic heterocycles. The van der Waals surface area contributed by atoms with Crippen molar-refractivity contribution in [1.82, 2.24) is 0 Å². The Labute approximate surface area is 160 Å². The summed E-state index contributed by atoms with van der Waals surface area (Å²) in [6, 6.07) is 13.9. The molecule has 0 saturated heterocycles. The highest BCUT2D eigenvalue weighted by molar-refractivity contribution is 7.99. The number of ether oxygens (including phenoxy) is 3. The van der Waals surface area contributed by atoms with Crippen molar-refractivity contribution in [2.75, 3.05) is 30.9 Å². The van der Waals surface area contributed by atoms with Crippen LogP contribution in [-0.2, 0) is 9.53 Å². The van der Waals surface area contributed by atoms with E-state index in [0.717, 1.165) is 4.90 Å². The maximum atomic E-state index is 12.2. The summed E-state index contributed by atoms with van der Waals surface area (Å²) in [4.78, 5) is 25.0. The number of para-hydroxylation sites is 1. The molecule has 0 spiro atoms. The minimum Gasteiger partial charge on any atom is -0.486 e. The normalized spacial score (nSPS) is 12.0. The number of carbonyl (C=O) groups excluding carboxylic acids is 2. The number of nitriles is 1. The molecule has 1 N–H and O–H groups in total. The molecule has 27 heavy (non-hydrogen) atoms. The van der Waals surface area contributed by atoms with Gasteiger partial charge in [0.2, 0.25) is 0 Å². The molecule has 0 fully saturated rings. The second kappa shape index (κ2) is 8.96. The van der Waals surface area contributed by atoms with E-state index in [1.54, 1.807) is 30.3 Å². The first-order valence-corrected chi connectivity index (χ1v) is 9.11. The second-order valence-corrected chi connectivity index (χ2v) is 6.44. The Kier molecular flexibility index (Phi) is 6.18. The van der Waals surface area contributed by atoms with Crippen LogP contribution in [0.25, 0.3) is 0 Å². The summed E-state index contributed by atoms with van der Waals surface area (Å²) >= 11 is 1.31. The molecular weight excluding hydrogens is 368 g/mol. The molecule has 7 nitrogen and oxygen atoms in total. The molecule has 0 bridgehead atoms. The number of thioether (sulfide) groups is 1. The zero-order valence-electron chi connectivity index (χ0n) is 14.3. The average Bonchev–Trinajstić information content (AvgIpc) is 2.71. The van der Waals surface area contributed by atoms with Crippen LogP contribution in [0.5, 0.6) is 11.5 Å². The molecule has 0 atom stereocenters. The first-order valence-electron chi connectivity index (χ1n) is 8.13. The molecule has 138 valence electrons. The Bertz CT molecular complexity index is 894. The van der Waals surface area contributed by atoms with Crippen LogP contribution < -0.4 is 14.8 Å². The third kappa shape index (κ3) is 4.92. The molecular formula is C19H16N2O5S. The van der Waals surface area contributed by atoms with Crippen LogP contribution in [0.3, 0.4) is 0 Å². The smallest absolute Gasteiger partial charge is 0.338 e. The number of fused-ring (bicyclic) bond motifs is 1. The van der Waals surface area contributed by atoms with Crippen molar-refractivity contribution in [2.45, 2.75) is 4.90 Å². The van der Waals surface area contributed by atoms with Crippen molar-refractivity contribution in [1.29, 1.82) is 5.26 Å². The van der Waals surface area contributed by atoms with Crippen LogP contribution in [0.2, 0.25) is 0 Å². The molecule has 0 saturated carbocycles. The number of amides is 1. The lowest BCUT2D eigenvalue weighted by molar-refractivity contribution is -0.119. The first kappa shape index (κ1) is 18.6. The molecule has 1 aliphatic rings. The molecule has 0 unspecified atom stereocenters. The Morgan fingerprint density at radius 1 is 1.15 bits per heavy atom. The summed E-state index contributed by atoms with van der Waals surface area (Å²) in [5.41, 5.74) is 0.843. The Balaban J connectivity index is 1.56. The number of nitrogens with one attached hydrogen (secondary N) is 1. The number of hydrogen-bond acceptors (Lipinski definition) is 7. The number of hydrogen-bond donors (Lipinski definition) is 1. The van der Waals surface area contributed by atoms with Crippen molar-refractivity contribution in [3.63, 3.8) is 0 Å². The van der Waals surface area contributed by atoms with Gasteiger partial charge in [-0.2, -0.15) is 5.26 Å². The monoisotopic (exact) mass is 384 g/mol. The van der Waals surface area contributed by atoms with Crippen LogP contribution >= 0.6 is 11.8 Å². The molecule has 2 aromatic carbocycles. The van der Waals surface area contributed by atoms with Gasteiger partial charge in [0.15, 0.2) is 18.1 Å². The number of carbonyl (C=O) groups is 2. The van der Waals surface area contributed by atoms with E-state index in [9.17, 15) is 9.59 Å². The van der Waals surface area contributed by atoms with Gasteiger partial charge >= 0.3 is 5.97 Å². The van der Waals surface area contributed by atoms with Crippen LogP contribution in [0.1, 0.15) is 10.4 Å². The quantitative estimate of drug-likeness (QED) is 0.604. The van der Waals surface area contributed by atoms with E-state index in [1.807, 2.05) is 12.1 Å². The lowest BCUT2D eigenvalue weighted by atomic mass is 10.2. The van der Waals surface area contributed by atoms with Crippen LogP contribution in [0, 0.1) is 11.3 Å². The maximum absolute atomic E-state index is 12.2. The van der Waals surface area contributed by atoms with Crippen molar-refractivity contribution < 1.29 is 23.8 Å². The third-order valence-electron chi connectivity index (χ3n) is 3.57. The van der Waals surface area contributed by atoms with Gasteiger partial charge in [0, 0.05) is 4.90 Å². The zero-order chi connectivity index (χ0) is 19.1. The van der Waals surface area contributed by atoms with Crippen molar-refractivity contribution in [2.24, 2.45) is 0 Å². The average molecular weight is 384 g/mol. The highest BCUT2D eigenvalue weighted by Gasteiger charge is 2.17. The van der Waals surface area contributed by atoms with Gasteiger partial charge in [0.05, 0.1) is 23.1 Å². The fourth-order valence-electron chi connectivity index (χ4n) is 2.38. The third-order valence-corrected chi connectivity index (χ3v) is 4.51. The van der Waals surface area contributed by atoms with Crippen LogP contribution in [0.4, 0.5) is 5.69 Å². The molecule has 1 amide bonds. The van der Waals surface area contributed by atoms with E-state index in [4.69, 9.17) is 19.5 Å². The van der Waals surface area contributed by atoms with E-state index in [2.05, 4.69) is 5.32 Å². The highest BCUT2D eigenvalue weighted by atomic mass is 32.2. The predicted octanol–water partition coefficient (Wildman–Crippen LogP) is 2.87. The van der Waals surface area contributed by atoms with Gasteiger partial charge in [-0.15, -0.1) is 11.8 Å². The Morgan fingerprint density at radius 2 is 1.93 bits per heavy atom. The Hall–Kier alpha value is -3.18. The number of esters is 1. The van der Waals surface area contributed by atoms with Gasteiger partial charge in [-0.05, 0) is 30.3 Å². The first-order chi connectivity index (χ1) is 13.2. The second-order valence-electron chi connectivity index (χ2n) is 5.43. The van der Waals surface area contributed by atoms with E-state index < -0.39 is 18.5 Å². The summed E-state index contributed by atoms with van der Waals surface area (Å²) in [5, 5.41) is 11.4. The van der Waals surface area contributed by atoms with Crippen LogP contribution in [-0.4, -0.2) is 37.4 Å². The predicted molar refractivity (Wildman–Crippen MR) is 99.1 cm³/mol. The number of benzene rings is 2. The standard InChI is InChI=1S/C19H16N2O5S/c20-7-10-27-17-4-2-1-3-14(17)21-18(22)12-26-19(23)13-5-6-15-16(11-13)25-9-8-24-15/h1-6,11H,8-10,12H2,(H,21,22). The highest BCUT2D eigenvalue weighted by Crippen LogP contribution is 2.31. The summed E-state index contributed by atoms with van der Waals surface area (Å²) in [6.45, 7) is 0.451. The van der Waals surface area contributed by atoms with Gasteiger partial charge in [-0.1, -0.05) is 12.1 Å². The molecule has 0 aromatic heterocycles. The van der Waals surface area contributed by atoms with E-state index in [0.29, 0.717) is 30.4 Å². The maximum Gasteiger partial charge on any atom is 0.338 e. The molecule has 8 heteroatoms. The van der Waals surface area contributed by atoms with Gasteiger partial charge in [0.25, 0.3) is 5.91 Å². The van der Waals surface area contributed by atoms with Gasteiger partial charge in [-0.25, -0.2) is 4.79 Å². The summed E-state index contributed by atoms with van der Waals surface area (Å²) in [6.07, 6.45) is 0. The molecule has 2 aromatic rings. The lowest BCUT2D eigenvalue weighted by Gasteiger charge is -2.18. The topological polar surface area (TPSA) is 97.7 Å². The van der Waals surface area contributed by atoms with Crippen molar-refractivity contribution in [3.05, 3.63) is 48.0 Å².